The van der Waals surface area contributed by atoms with Crippen LogP contribution in [-0.4, -0.2) is 40.7 Å². The van der Waals surface area contributed by atoms with Crippen molar-refractivity contribution in [2.45, 2.75) is 19.5 Å². The lowest BCUT2D eigenvalue weighted by molar-refractivity contribution is 0.146. The largest absolute Gasteiger partial charge is 0.338 e. The Kier molecular flexibility index (Phi) is 3.40. The van der Waals surface area contributed by atoms with Crippen molar-refractivity contribution in [3.8, 4) is 11.4 Å². The summed E-state index contributed by atoms with van der Waals surface area (Å²) in [6.07, 6.45) is 0. The van der Waals surface area contributed by atoms with Crippen LogP contribution in [-0.2, 0) is 6.54 Å². The SMILES string of the molecule is C[C@H]1CNCCN1Cc1nc(-c2ccsc2)no1. The summed E-state index contributed by atoms with van der Waals surface area (Å²) < 4.78 is 5.32. The quantitative estimate of drug-likeness (QED) is 0.912. The van der Waals surface area contributed by atoms with E-state index in [1.807, 2.05) is 16.8 Å². The van der Waals surface area contributed by atoms with Gasteiger partial charge in [-0.25, -0.2) is 0 Å². The summed E-state index contributed by atoms with van der Waals surface area (Å²) in [4.78, 5) is 6.81. The molecule has 0 aliphatic carbocycles. The van der Waals surface area contributed by atoms with Gasteiger partial charge in [-0.3, -0.25) is 4.90 Å². The Morgan fingerprint density at radius 1 is 1.61 bits per heavy atom. The molecule has 1 saturated heterocycles. The second-order valence-corrected chi connectivity index (χ2v) is 5.33. The summed E-state index contributed by atoms with van der Waals surface area (Å²) >= 11 is 1.64. The van der Waals surface area contributed by atoms with E-state index in [9.17, 15) is 0 Å². The Balaban J connectivity index is 1.70. The first-order valence-corrected chi connectivity index (χ1v) is 7.07. The van der Waals surface area contributed by atoms with E-state index in [0.717, 1.165) is 31.7 Å². The number of aromatic nitrogens is 2. The second-order valence-electron chi connectivity index (χ2n) is 4.55. The van der Waals surface area contributed by atoms with Crippen molar-refractivity contribution in [2.75, 3.05) is 19.6 Å². The molecule has 96 valence electrons. The van der Waals surface area contributed by atoms with Crippen molar-refractivity contribution in [1.82, 2.24) is 20.4 Å². The van der Waals surface area contributed by atoms with Crippen molar-refractivity contribution < 1.29 is 4.52 Å². The maximum absolute atomic E-state index is 5.32. The molecule has 1 aliphatic rings. The van der Waals surface area contributed by atoms with Crippen molar-refractivity contribution in [1.29, 1.82) is 0 Å². The molecule has 0 bridgehead atoms. The van der Waals surface area contributed by atoms with Crippen LogP contribution >= 0.6 is 11.3 Å². The highest BCUT2D eigenvalue weighted by atomic mass is 32.1. The molecule has 0 aromatic carbocycles. The number of nitrogens with zero attached hydrogens (tertiary/aromatic N) is 3. The Bertz CT molecular complexity index is 496. The zero-order valence-electron chi connectivity index (χ0n) is 10.3. The highest BCUT2D eigenvalue weighted by molar-refractivity contribution is 7.08. The van der Waals surface area contributed by atoms with Gasteiger partial charge in [0, 0.05) is 36.6 Å². The molecule has 2 aromatic rings. The Morgan fingerprint density at radius 3 is 3.33 bits per heavy atom. The highest BCUT2D eigenvalue weighted by Gasteiger charge is 2.20. The molecular formula is C12H16N4OS. The molecule has 3 heterocycles. The summed E-state index contributed by atoms with van der Waals surface area (Å²) in [6.45, 7) is 6.01. The average molecular weight is 264 g/mol. The minimum atomic E-state index is 0.509. The summed E-state index contributed by atoms with van der Waals surface area (Å²) in [5.41, 5.74) is 1.03. The van der Waals surface area contributed by atoms with Gasteiger partial charge in [0.2, 0.25) is 11.7 Å². The number of hydrogen-bond acceptors (Lipinski definition) is 6. The first kappa shape index (κ1) is 11.8. The van der Waals surface area contributed by atoms with Crippen molar-refractivity contribution >= 4 is 11.3 Å². The average Bonchev–Trinajstić information content (AvgIpc) is 3.02. The van der Waals surface area contributed by atoms with E-state index in [0.29, 0.717) is 17.8 Å². The molecule has 5 nitrogen and oxygen atoms in total. The van der Waals surface area contributed by atoms with Crippen molar-refractivity contribution in [3.05, 3.63) is 22.7 Å². The van der Waals surface area contributed by atoms with Crippen LogP contribution in [0.4, 0.5) is 0 Å². The van der Waals surface area contributed by atoms with Gasteiger partial charge in [-0.1, -0.05) is 5.16 Å². The minimum absolute atomic E-state index is 0.509. The lowest BCUT2D eigenvalue weighted by Crippen LogP contribution is -2.49. The standard InChI is InChI=1S/C12H16N4OS/c1-9-6-13-3-4-16(9)7-11-14-12(15-17-11)10-2-5-18-8-10/h2,5,8-9,13H,3-4,6-7H2,1H3/t9-/m0/s1. The Labute approximate surface area is 110 Å². The van der Waals surface area contributed by atoms with Gasteiger partial charge in [-0.15, -0.1) is 0 Å². The molecule has 0 amide bonds. The molecule has 2 aromatic heterocycles. The van der Waals surface area contributed by atoms with Gasteiger partial charge in [-0.2, -0.15) is 16.3 Å². The van der Waals surface area contributed by atoms with Crippen LogP contribution < -0.4 is 5.32 Å². The molecule has 1 N–H and O–H groups in total. The smallest absolute Gasteiger partial charge is 0.241 e. The molecule has 0 saturated carbocycles. The van der Waals surface area contributed by atoms with Gasteiger partial charge in [0.25, 0.3) is 0 Å². The van der Waals surface area contributed by atoms with Crippen LogP contribution in [0.25, 0.3) is 11.4 Å². The number of hydrogen-bond donors (Lipinski definition) is 1. The molecule has 0 radical (unpaired) electrons. The third-order valence-electron chi connectivity index (χ3n) is 3.22. The predicted octanol–water partition coefficient (Wildman–Crippen LogP) is 1.59. The summed E-state index contributed by atoms with van der Waals surface area (Å²) in [5.74, 6) is 1.39. The third kappa shape index (κ3) is 2.45. The van der Waals surface area contributed by atoms with Crippen molar-refractivity contribution in [2.24, 2.45) is 0 Å². The van der Waals surface area contributed by atoms with E-state index in [2.05, 4.69) is 27.3 Å². The van der Waals surface area contributed by atoms with Gasteiger partial charge < -0.3 is 9.84 Å². The van der Waals surface area contributed by atoms with Gasteiger partial charge in [0.15, 0.2) is 0 Å². The normalized spacial score (nSPS) is 21.3. The molecule has 1 atom stereocenters. The molecule has 6 heteroatoms. The van der Waals surface area contributed by atoms with Gasteiger partial charge in [0.1, 0.15) is 0 Å². The Hall–Kier alpha value is -1.24. The van der Waals surface area contributed by atoms with Gasteiger partial charge in [-0.05, 0) is 18.4 Å². The number of piperazine rings is 1. The fourth-order valence-corrected chi connectivity index (χ4v) is 2.75. The van der Waals surface area contributed by atoms with Gasteiger partial charge >= 0.3 is 0 Å². The fraction of sp³-hybridized carbons (Fsp3) is 0.500. The monoisotopic (exact) mass is 264 g/mol. The Morgan fingerprint density at radius 2 is 2.56 bits per heavy atom. The van der Waals surface area contributed by atoms with Gasteiger partial charge in [0.05, 0.1) is 6.54 Å². The lowest BCUT2D eigenvalue weighted by atomic mass is 10.2. The molecule has 18 heavy (non-hydrogen) atoms. The number of nitrogens with one attached hydrogen (secondary N) is 1. The topological polar surface area (TPSA) is 54.2 Å². The van der Waals surface area contributed by atoms with Crippen LogP contribution in [0.15, 0.2) is 21.3 Å². The maximum atomic E-state index is 5.32. The highest BCUT2D eigenvalue weighted by Crippen LogP contribution is 2.19. The maximum Gasteiger partial charge on any atom is 0.241 e. The molecule has 3 rings (SSSR count). The van der Waals surface area contributed by atoms with Crippen LogP contribution in [0.5, 0.6) is 0 Å². The fourth-order valence-electron chi connectivity index (χ4n) is 2.12. The molecule has 1 fully saturated rings. The van der Waals surface area contributed by atoms with Crippen LogP contribution in [0.2, 0.25) is 0 Å². The van der Waals surface area contributed by atoms with E-state index in [-0.39, 0.29) is 0 Å². The summed E-state index contributed by atoms with van der Waals surface area (Å²) in [6, 6.07) is 2.52. The molecular weight excluding hydrogens is 248 g/mol. The molecule has 1 aliphatic heterocycles. The van der Waals surface area contributed by atoms with E-state index < -0.39 is 0 Å². The third-order valence-corrected chi connectivity index (χ3v) is 3.91. The van der Waals surface area contributed by atoms with Crippen molar-refractivity contribution in [3.63, 3.8) is 0 Å². The number of rotatable bonds is 3. The van der Waals surface area contributed by atoms with Crippen LogP contribution in [0.3, 0.4) is 0 Å². The predicted molar refractivity (Wildman–Crippen MR) is 70.4 cm³/mol. The zero-order valence-corrected chi connectivity index (χ0v) is 11.1. The second kappa shape index (κ2) is 5.17. The first-order valence-electron chi connectivity index (χ1n) is 6.13. The first-order chi connectivity index (χ1) is 8.83. The molecule has 0 unspecified atom stereocenters. The lowest BCUT2D eigenvalue weighted by Gasteiger charge is -2.32. The van der Waals surface area contributed by atoms with E-state index >= 15 is 0 Å². The summed E-state index contributed by atoms with van der Waals surface area (Å²) in [7, 11) is 0. The van der Waals surface area contributed by atoms with E-state index in [1.165, 1.54) is 0 Å². The number of thiophene rings is 1. The molecule has 0 spiro atoms. The van der Waals surface area contributed by atoms with Crippen LogP contribution in [0, 0.1) is 0 Å². The van der Waals surface area contributed by atoms with E-state index in [4.69, 9.17) is 4.52 Å². The van der Waals surface area contributed by atoms with E-state index in [1.54, 1.807) is 11.3 Å². The summed E-state index contributed by atoms with van der Waals surface area (Å²) in [5, 5.41) is 11.4. The van der Waals surface area contributed by atoms with Crippen LogP contribution in [0.1, 0.15) is 12.8 Å². The minimum Gasteiger partial charge on any atom is -0.338 e. The zero-order chi connectivity index (χ0) is 12.4.